The van der Waals surface area contributed by atoms with Gasteiger partial charge in [-0.25, -0.2) is 8.78 Å². The Balaban J connectivity index is 2.76. The zero-order chi connectivity index (χ0) is 12.1. The Morgan fingerprint density at radius 1 is 1.31 bits per heavy atom. The Hall–Kier alpha value is -0.960. The van der Waals surface area contributed by atoms with Crippen LogP contribution in [-0.4, -0.2) is 5.78 Å². The van der Waals surface area contributed by atoms with E-state index in [4.69, 9.17) is 11.6 Å². The van der Waals surface area contributed by atoms with Crippen molar-refractivity contribution in [2.24, 2.45) is 0 Å². The van der Waals surface area contributed by atoms with E-state index in [1.165, 1.54) is 6.07 Å². The summed E-state index contributed by atoms with van der Waals surface area (Å²) in [5.74, 6) is -1.60. The van der Waals surface area contributed by atoms with Gasteiger partial charge in [-0.1, -0.05) is 11.6 Å². The Bertz CT molecular complexity index is 480. The number of benzene rings is 1. The molecular formula is C12H11ClF2O. The highest BCUT2D eigenvalue weighted by atomic mass is 35.5. The van der Waals surface area contributed by atoms with Gasteiger partial charge in [0, 0.05) is 12.0 Å². The van der Waals surface area contributed by atoms with Crippen LogP contribution in [0.5, 0.6) is 0 Å². The summed E-state index contributed by atoms with van der Waals surface area (Å²) in [6.45, 7) is 3.29. The van der Waals surface area contributed by atoms with Crippen LogP contribution in [0.4, 0.5) is 8.78 Å². The molecule has 1 aliphatic rings. The van der Waals surface area contributed by atoms with E-state index in [2.05, 4.69) is 0 Å². The SMILES string of the molecule is CC1(C)C(=O)CCc2cc(F)c(Cl)c(F)c21. The molecule has 0 atom stereocenters. The molecule has 0 radical (unpaired) electrons. The molecule has 0 aliphatic heterocycles. The van der Waals surface area contributed by atoms with Gasteiger partial charge in [0.2, 0.25) is 0 Å². The van der Waals surface area contributed by atoms with Gasteiger partial charge < -0.3 is 0 Å². The third-order valence-corrected chi connectivity index (χ3v) is 3.53. The Labute approximate surface area is 97.4 Å². The molecule has 1 nitrogen and oxygen atoms in total. The molecule has 86 valence electrons. The lowest BCUT2D eigenvalue weighted by Gasteiger charge is -2.31. The van der Waals surface area contributed by atoms with Gasteiger partial charge in [0.25, 0.3) is 0 Å². The molecule has 0 saturated heterocycles. The third-order valence-electron chi connectivity index (χ3n) is 3.19. The van der Waals surface area contributed by atoms with Crippen LogP contribution in [0.2, 0.25) is 5.02 Å². The van der Waals surface area contributed by atoms with E-state index in [-0.39, 0.29) is 11.3 Å². The molecule has 0 N–H and O–H groups in total. The van der Waals surface area contributed by atoms with Gasteiger partial charge >= 0.3 is 0 Å². The molecule has 16 heavy (non-hydrogen) atoms. The lowest BCUT2D eigenvalue weighted by Crippen LogP contribution is -2.35. The molecule has 0 fully saturated rings. The number of ketones is 1. The van der Waals surface area contributed by atoms with Crippen LogP contribution < -0.4 is 0 Å². The minimum Gasteiger partial charge on any atom is -0.299 e. The first kappa shape index (κ1) is 11.5. The highest BCUT2D eigenvalue weighted by Gasteiger charge is 2.38. The molecule has 0 heterocycles. The Morgan fingerprint density at radius 2 is 1.94 bits per heavy atom. The number of carbonyl (C=O) groups excluding carboxylic acids is 1. The number of rotatable bonds is 0. The summed E-state index contributed by atoms with van der Waals surface area (Å²) >= 11 is 5.53. The number of carbonyl (C=O) groups is 1. The van der Waals surface area contributed by atoms with Crippen molar-refractivity contribution in [1.82, 2.24) is 0 Å². The molecule has 0 unspecified atom stereocenters. The van der Waals surface area contributed by atoms with Crippen molar-refractivity contribution in [1.29, 1.82) is 0 Å². The highest BCUT2D eigenvalue weighted by Crippen LogP contribution is 2.39. The average Bonchev–Trinajstić information content (AvgIpc) is 2.20. The van der Waals surface area contributed by atoms with Crippen molar-refractivity contribution in [2.75, 3.05) is 0 Å². The summed E-state index contributed by atoms with van der Waals surface area (Å²) in [5, 5.41) is -0.526. The quantitative estimate of drug-likeness (QED) is 0.639. The maximum atomic E-state index is 13.9. The maximum Gasteiger partial charge on any atom is 0.149 e. The maximum absolute atomic E-state index is 13.9. The fourth-order valence-electron chi connectivity index (χ4n) is 2.22. The highest BCUT2D eigenvalue weighted by molar-refractivity contribution is 6.31. The van der Waals surface area contributed by atoms with Crippen molar-refractivity contribution in [2.45, 2.75) is 32.1 Å². The van der Waals surface area contributed by atoms with Gasteiger partial charge in [-0.2, -0.15) is 0 Å². The standard InChI is InChI=1S/C12H11ClF2O/c1-12(2)8(16)4-3-6-5-7(14)10(13)11(15)9(6)12/h5H,3-4H2,1-2H3. The van der Waals surface area contributed by atoms with Gasteiger partial charge in [-0.3, -0.25) is 4.79 Å². The summed E-state index contributed by atoms with van der Waals surface area (Å²) in [7, 11) is 0. The van der Waals surface area contributed by atoms with E-state index >= 15 is 0 Å². The second-order valence-corrected chi connectivity index (χ2v) is 4.95. The summed E-state index contributed by atoms with van der Waals surface area (Å²) in [6.07, 6.45) is 0.698. The predicted octanol–water partition coefficient (Wildman–Crippen LogP) is 3.41. The Morgan fingerprint density at radius 3 is 2.56 bits per heavy atom. The number of fused-ring (bicyclic) bond motifs is 1. The topological polar surface area (TPSA) is 17.1 Å². The fraction of sp³-hybridized carbons (Fsp3) is 0.417. The summed E-state index contributed by atoms with van der Waals surface area (Å²) in [5.41, 5.74) is -0.131. The van der Waals surface area contributed by atoms with Crippen molar-refractivity contribution in [3.63, 3.8) is 0 Å². The van der Waals surface area contributed by atoms with Gasteiger partial charge in [0.05, 0.1) is 5.41 Å². The number of hydrogen-bond acceptors (Lipinski definition) is 1. The van der Waals surface area contributed by atoms with Crippen LogP contribution >= 0.6 is 11.6 Å². The molecule has 1 aromatic rings. The van der Waals surface area contributed by atoms with Crippen LogP contribution in [0.1, 0.15) is 31.4 Å². The van der Waals surface area contributed by atoms with Gasteiger partial charge in [0.1, 0.15) is 22.4 Å². The van der Waals surface area contributed by atoms with Gasteiger partial charge in [0.15, 0.2) is 0 Å². The average molecular weight is 245 g/mol. The minimum atomic E-state index is -0.922. The summed E-state index contributed by atoms with van der Waals surface area (Å²) in [4.78, 5) is 11.7. The first-order chi connectivity index (χ1) is 7.35. The molecule has 0 spiro atoms. The summed E-state index contributed by atoms with van der Waals surface area (Å²) < 4.78 is 27.1. The molecule has 4 heteroatoms. The fourth-order valence-corrected chi connectivity index (χ4v) is 2.37. The van der Waals surface area contributed by atoms with Crippen LogP contribution in [0, 0.1) is 11.6 Å². The Kier molecular flexibility index (Phi) is 2.54. The monoisotopic (exact) mass is 244 g/mol. The van der Waals surface area contributed by atoms with Crippen molar-refractivity contribution >= 4 is 17.4 Å². The van der Waals surface area contributed by atoms with Crippen molar-refractivity contribution in [3.05, 3.63) is 33.9 Å². The van der Waals surface area contributed by atoms with Crippen LogP contribution in [0.25, 0.3) is 0 Å². The first-order valence-corrected chi connectivity index (χ1v) is 5.43. The van der Waals surface area contributed by atoms with Crippen LogP contribution in [0.15, 0.2) is 6.07 Å². The van der Waals surface area contributed by atoms with E-state index in [1.54, 1.807) is 13.8 Å². The number of halogens is 3. The number of aryl methyl sites for hydroxylation is 1. The molecule has 2 rings (SSSR count). The van der Waals surface area contributed by atoms with Crippen LogP contribution in [0.3, 0.4) is 0 Å². The van der Waals surface area contributed by atoms with Crippen molar-refractivity contribution in [3.8, 4) is 0 Å². The van der Waals surface area contributed by atoms with Crippen LogP contribution in [-0.2, 0) is 16.6 Å². The minimum absolute atomic E-state index is 0.0402. The normalized spacial score (nSPS) is 18.4. The molecule has 1 aliphatic carbocycles. The lowest BCUT2D eigenvalue weighted by molar-refractivity contribution is -0.124. The number of hydrogen-bond donors (Lipinski definition) is 0. The van der Waals surface area contributed by atoms with Gasteiger partial charge in [-0.15, -0.1) is 0 Å². The molecule has 1 aromatic carbocycles. The molecule has 0 bridgehead atoms. The van der Waals surface area contributed by atoms with E-state index in [0.29, 0.717) is 18.4 Å². The number of Topliss-reactive ketones (excluding diaryl/α,β-unsaturated/α-hetero) is 1. The van der Waals surface area contributed by atoms with E-state index in [0.717, 1.165) is 0 Å². The predicted molar refractivity (Wildman–Crippen MR) is 57.7 cm³/mol. The first-order valence-electron chi connectivity index (χ1n) is 5.06. The zero-order valence-corrected chi connectivity index (χ0v) is 9.79. The smallest absolute Gasteiger partial charge is 0.149 e. The van der Waals surface area contributed by atoms with Gasteiger partial charge in [-0.05, 0) is 31.9 Å². The summed E-state index contributed by atoms with van der Waals surface area (Å²) in [6, 6.07) is 1.23. The van der Waals surface area contributed by atoms with E-state index in [1.807, 2.05) is 0 Å². The van der Waals surface area contributed by atoms with E-state index < -0.39 is 22.1 Å². The largest absolute Gasteiger partial charge is 0.299 e. The molecule has 0 aromatic heterocycles. The molecular weight excluding hydrogens is 234 g/mol. The van der Waals surface area contributed by atoms with E-state index in [9.17, 15) is 13.6 Å². The molecule has 0 saturated carbocycles. The third kappa shape index (κ3) is 1.46. The second-order valence-electron chi connectivity index (χ2n) is 4.57. The lowest BCUT2D eigenvalue weighted by atomic mass is 9.71. The van der Waals surface area contributed by atoms with Crippen molar-refractivity contribution < 1.29 is 13.6 Å². The molecule has 0 amide bonds. The zero-order valence-electron chi connectivity index (χ0n) is 9.03. The second kappa shape index (κ2) is 3.52.